The van der Waals surface area contributed by atoms with E-state index in [-0.39, 0.29) is 0 Å². The maximum Gasteiger partial charge on any atom is 0.222 e. The molecule has 0 fully saturated rings. The minimum Gasteiger partial charge on any atom is -0.618 e. The lowest BCUT2D eigenvalue weighted by molar-refractivity contribution is -0.613. The van der Waals surface area contributed by atoms with E-state index in [0.717, 1.165) is 51.9 Å². The number of pyridine rings is 1. The van der Waals surface area contributed by atoms with E-state index in [2.05, 4.69) is 19.6 Å². The molecule has 0 saturated heterocycles. The molecule has 1 aromatic heterocycles. The summed E-state index contributed by atoms with van der Waals surface area (Å²) in [4.78, 5) is 0. The van der Waals surface area contributed by atoms with E-state index in [9.17, 15) is 5.21 Å². The zero-order chi connectivity index (χ0) is 14.0. The van der Waals surface area contributed by atoms with Gasteiger partial charge in [0, 0.05) is 18.1 Å². The first kappa shape index (κ1) is 13.6. The van der Waals surface area contributed by atoms with E-state index in [1.807, 2.05) is 32.0 Å². The zero-order valence-electron chi connectivity index (χ0n) is 12.0. The van der Waals surface area contributed by atoms with Crippen molar-refractivity contribution in [3.63, 3.8) is 0 Å². The van der Waals surface area contributed by atoms with E-state index < -0.39 is 0 Å². The van der Waals surface area contributed by atoms with Crippen LogP contribution in [0, 0.1) is 12.1 Å². The number of hydrogen-bond donors (Lipinski definition) is 0. The molecule has 0 aliphatic rings. The van der Waals surface area contributed by atoms with Gasteiger partial charge in [-0.15, -0.1) is 0 Å². The molecule has 0 bridgehead atoms. The normalized spacial score (nSPS) is 10.9. The van der Waals surface area contributed by atoms with Crippen molar-refractivity contribution in [2.24, 2.45) is 0 Å². The van der Waals surface area contributed by atoms with Crippen molar-refractivity contribution in [1.29, 1.82) is 0 Å². The predicted molar refractivity (Wildman–Crippen MR) is 81.0 cm³/mol. The molecular weight excluding hydrogens is 234 g/mol. The van der Waals surface area contributed by atoms with Gasteiger partial charge in [-0.25, -0.2) is 0 Å². The SMILES string of the molecule is C=C(C)c1c(CCCC)c2ccccc2c(C)[n+]1[O-]. The molecule has 0 amide bonds. The Morgan fingerprint density at radius 2 is 1.89 bits per heavy atom. The Morgan fingerprint density at radius 3 is 2.47 bits per heavy atom. The van der Waals surface area contributed by atoms with Gasteiger partial charge in [-0.3, -0.25) is 0 Å². The van der Waals surface area contributed by atoms with Crippen molar-refractivity contribution in [3.05, 3.63) is 53.0 Å². The van der Waals surface area contributed by atoms with Gasteiger partial charge in [0.2, 0.25) is 5.69 Å². The molecule has 19 heavy (non-hydrogen) atoms. The van der Waals surface area contributed by atoms with E-state index in [1.54, 1.807) is 0 Å². The summed E-state index contributed by atoms with van der Waals surface area (Å²) in [5.74, 6) is 0. The average molecular weight is 255 g/mol. The predicted octanol–water partition coefficient (Wildman–Crippen LogP) is 4.16. The number of aryl methyl sites for hydroxylation is 2. The van der Waals surface area contributed by atoms with Crippen LogP contribution in [0.4, 0.5) is 0 Å². The average Bonchev–Trinajstić information content (AvgIpc) is 2.40. The largest absolute Gasteiger partial charge is 0.618 e. The molecule has 2 rings (SSSR count). The van der Waals surface area contributed by atoms with E-state index in [4.69, 9.17) is 0 Å². The van der Waals surface area contributed by atoms with Gasteiger partial charge in [-0.2, -0.15) is 4.73 Å². The van der Waals surface area contributed by atoms with Crippen LogP contribution in [0.15, 0.2) is 30.8 Å². The summed E-state index contributed by atoms with van der Waals surface area (Å²) in [5, 5.41) is 14.7. The molecule has 0 unspecified atom stereocenters. The zero-order valence-corrected chi connectivity index (χ0v) is 12.0. The maximum absolute atomic E-state index is 12.5. The Morgan fingerprint density at radius 1 is 1.26 bits per heavy atom. The lowest BCUT2D eigenvalue weighted by atomic mass is 9.95. The highest BCUT2D eigenvalue weighted by Gasteiger charge is 2.20. The highest BCUT2D eigenvalue weighted by Crippen LogP contribution is 2.27. The van der Waals surface area contributed by atoms with Crippen molar-refractivity contribution in [1.82, 2.24) is 0 Å². The molecule has 0 N–H and O–H groups in total. The molecule has 0 aliphatic heterocycles. The number of fused-ring (bicyclic) bond motifs is 1. The second-order valence-electron chi connectivity index (χ2n) is 5.14. The van der Waals surface area contributed by atoms with Gasteiger partial charge in [-0.1, -0.05) is 38.1 Å². The van der Waals surface area contributed by atoms with Gasteiger partial charge in [0.05, 0.1) is 5.39 Å². The van der Waals surface area contributed by atoms with Crippen LogP contribution in [0.1, 0.15) is 43.6 Å². The van der Waals surface area contributed by atoms with Gasteiger partial charge in [0.15, 0.2) is 5.69 Å². The van der Waals surface area contributed by atoms with Crippen LogP contribution < -0.4 is 4.73 Å². The van der Waals surface area contributed by atoms with Crippen LogP contribution in [-0.4, -0.2) is 0 Å². The van der Waals surface area contributed by atoms with E-state index in [1.165, 1.54) is 5.39 Å². The molecular formula is C17H21NO. The molecule has 100 valence electrons. The lowest BCUT2D eigenvalue weighted by Crippen LogP contribution is -2.36. The summed E-state index contributed by atoms with van der Waals surface area (Å²) in [7, 11) is 0. The standard InChI is InChI=1S/C17H21NO/c1-5-6-9-16-15-11-8-7-10-14(15)13(4)18(19)17(16)12(2)3/h7-8,10-11H,2,5-6,9H2,1,3-4H3. The molecule has 0 aliphatic carbocycles. The second-order valence-corrected chi connectivity index (χ2v) is 5.14. The Kier molecular flexibility index (Phi) is 3.89. The maximum atomic E-state index is 12.5. The molecule has 1 aromatic carbocycles. The molecule has 1 heterocycles. The molecule has 0 saturated carbocycles. The first-order chi connectivity index (χ1) is 9.07. The highest BCUT2D eigenvalue weighted by atomic mass is 16.5. The van der Waals surface area contributed by atoms with Crippen molar-refractivity contribution in [2.45, 2.75) is 40.0 Å². The molecule has 2 nitrogen and oxygen atoms in total. The fourth-order valence-electron chi connectivity index (χ4n) is 2.63. The first-order valence-corrected chi connectivity index (χ1v) is 6.87. The third kappa shape index (κ3) is 2.35. The van der Waals surface area contributed by atoms with Crippen molar-refractivity contribution in [2.75, 3.05) is 0 Å². The number of benzene rings is 1. The summed E-state index contributed by atoms with van der Waals surface area (Å²) in [6.07, 6.45) is 3.14. The molecule has 2 aromatic rings. The first-order valence-electron chi connectivity index (χ1n) is 6.87. The molecule has 0 atom stereocenters. The summed E-state index contributed by atoms with van der Waals surface area (Å²) < 4.78 is 1.05. The summed E-state index contributed by atoms with van der Waals surface area (Å²) >= 11 is 0. The topological polar surface area (TPSA) is 26.9 Å². The van der Waals surface area contributed by atoms with Crippen molar-refractivity contribution < 1.29 is 4.73 Å². The summed E-state index contributed by atoms with van der Waals surface area (Å²) in [5.41, 5.74) is 3.50. The van der Waals surface area contributed by atoms with Crippen molar-refractivity contribution >= 4 is 16.3 Å². The quantitative estimate of drug-likeness (QED) is 0.595. The number of unbranched alkanes of at least 4 members (excludes halogenated alkanes) is 1. The Bertz CT molecular complexity index is 629. The Hall–Kier alpha value is -1.83. The number of nitrogens with zero attached hydrogens (tertiary/aromatic N) is 1. The van der Waals surface area contributed by atoms with Crippen LogP contribution in [0.5, 0.6) is 0 Å². The Balaban J connectivity index is 2.82. The molecule has 2 heteroatoms. The number of allylic oxidation sites excluding steroid dienone is 1. The minimum absolute atomic E-state index is 0.754. The monoisotopic (exact) mass is 255 g/mol. The third-order valence-corrected chi connectivity index (χ3v) is 3.62. The summed E-state index contributed by atoms with van der Waals surface area (Å²) in [6, 6.07) is 8.16. The van der Waals surface area contributed by atoms with Crippen LogP contribution in [-0.2, 0) is 6.42 Å². The number of aromatic nitrogens is 1. The van der Waals surface area contributed by atoms with Gasteiger partial charge >= 0.3 is 0 Å². The molecule has 0 spiro atoms. The van der Waals surface area contributed by atoms with Crippen molar-refractivity contribution in [3.8, 4) is 0 Å². The van der Waals surface area contributed by atoms with E-state index >= 15 is 0 Å². The highest BCUT2D eigenvalue weighted by molar-refractivity contribution is 5.89. The van der Waals surface area contributed by atoms with E-state index in [0.29, 0.717) is 0 Å². The Labute approximate surface area is 115 Å². The van der Waals surface area contributed by atoms with Gasteiger partial charge < -0.3 is 5.21 Å². The van der Waals surface area contributed by atoms with Crippen LogP contribution in [0.2, 0.25) is 0 Å². The van der Waals surface area contributed by atoms with Crippen LogP contribution in [0.25, 0.3) is 16.3 Å². The second kappa shape index (κ2) is 5.43. The fourth-order valence-corrected chi connectivity index (χ4v) is 2.63. The van der Waals surface area contributed by atoms with Gasteiger partial charge in [0.25, 0.3) is 0 Å². The van der Waals surface area contributed by atoms with Gasteiger partial charge in [0.1, 0.15) is 0 Å². The van der Waals surface area contributed by atoms with Gasteiger partial charge in [-0.05, 0) is 31.2 Å². The van der Waals surface area contributed by atoms with Crippen LogP contribution in [0.3, 0.4) is 0 Å². The smallest absolute Gasteiger partial charge is 0.222 e. The summed E-state index contributed by atoms with van der Waals surface area (Å²) in [6.45, 7) is 9.94. The molecule has 0 radical (unpaired) electrons. The number of rotatable bonds is 4. The van der Waals surface area contributed by atoms with Crippen LogP contribution >= 0.6 is 0 Å². The lowest BCUT2D eigenvalue weighted by Gasteiger charge is -2.15. The third-order valence-electron chi connectivity index (χ3n) is 3.62. The number of hydrogen-bond acceptors (Lipinski definition) is 1. The minimum atomic E-state index is 0.754. The fraction of sp³-hybridized carbons (Fsp3) is 0.353.